The molecule has 0 bridgehead atoms. The van der Waals surface area contributed by atoms with Gasteiger partial charge in [-0.05, 0) is 103 Å². The predicted molar refractivity (Wildman–Crippen MR) is 213 cm³/mol. The number of fused-ring (bicyclic) bond motifs is 2. The number of benzene rings is 8. The lowest BCUT2D eigenvalue weighted by Gasteiger charge is -2.37. The van der Waals surface area contributed by atoms with E-state index in [1.807, 2.05) is 0 Å². The Hall–Kier alpha value is -6.18. The lowest BCUT2D eigenvalue weighted by molar-refractivity contribution is 0.645. The molecule has 0 radical (unpaired) electrons. The molecular formula is C49H37N. The van der Waals surface area contributed by atoms with Gasteiger partial charge in [0.25, 0.3) is 0 Å². The van der Waals surface area contributed by atoms with E-state index < -0.39 is 290 Å². The van der Waals surface area contributed by atoms with E-state index in [1.165, 1.54) is 0 Å². The van der Waals surface area contributed by atoms with E-state index in [9.17, 15) is 19.2 Å². The maximum absolute atomic E-state index is 10.4. The molecule has 8 aromatic rings. The van der Waals surface area contributed by atoms with Crippen molar-refractivity contribution in [1.82, 2.24) is 0 Å². The second kappa shape index (κ2) is 12.1. The molecule has 0 spiro atoms. The minimum atomic E-state index is -4.21. The quantitative estimate of drug-likeness (QED) is 0.169. The highest BCUT2D eigenvalue weighted by Gasteiger charge is 2.35. The van der Waals surface area contributed by atoms with Gasteiger partial charge in [0.15, 0.2) is 0 Å². The van der Waals surface area contributed by atoms with Gasteiger partial charge in [-0.1, -0.05) is 165 Å². The summed E-state index contributed by atoms with van der Waals surface area (Å²) in [6.45, 7) is -8.41. The van der Waals surface area contributed by atoms with Crippen LogP contribution >= 0.6 is 0 Å². The van der Waals surface area contributed by atoms with Crippen molar-refractivity contribution in [2.24, 2.45) is 0 Å². The van der Waals surface area contributed by atoms with Crippen molar-refractivity contribution in [3.05, 3.63) is 198 Å². The largest absolute Gasteiger partial charge is 0.310 e. The molecule has 0 fully saturated rings. The Bertz CT molecular complexity index is 4200. The normalized spacial score (nSPS) is 23.7. The third-order valence-electron chi connectivity index (χ3n) is 7.63. The van der Waals surface area contributed by atoms with Crippen molar-refractivity contribution >= 4 is 27.8 Å². The summed E-state index contributed by atoms with van der Waals surface area (Å²) < 4.78 is 336. The number of hydrogen-bond acceptors (Lipinski definition) is 1. The summed E-state index contributed by atoms with van der Waals surface area (Å²) in [5.41, 5.74) is -19.6. The van der Waals surface area contributed by atoms with Crippen LogP contribution in [0.25, 0.3) is 55.3 Å². The summed E-state index contributed by atoms with van der Waals surface area (Å²) in [5.74, 6) is 0. The van der Waals surface area contributed by atoms with Crippen LogP contribution in [0.15, 0.2) is 187 Å². The Kier molecular flexibility index (Phi) is 2.46. The third-order valence-corrected chi connectivity index (χ3v) is 7.63. The van der Waals surface area contributed by atoms with Crippen LogP contribution in [0.5, 0.6) is 0 Å². The Labute approximate surface area is 346 Å². The average molecular weight is 677 g/mol. The first kappa shape index (κ1) is 10.2. The zero-order valence-electron chi connectivity index (χ0n) is 61.9. The smallest absolute Gasteiger partial charge is 0.0652 e. The summed E-state index contributed by atoms with van der Waals surface area (Å²) in [7, 11) is 0. The van der Waals surface area contributed by atoms with E-state index in [4.69, 9.17) is 31.5 Å². The number of rotatable bonds is 6. The van der Waals surface area contributed by atoms with Crippen LogP contribution in [0.3, 0.4) is 0 Å². The van der Waals surface area contributed by atoms with Crippen molar-refractivity contribution in [3.63, 3.8) is 0 Å². The highest BCUT2D eigenvalue weighted by molar-refractivity contribution is 6.09. The molecule has 8 aromatic carbocycles. The lowest BCUT2D eigenvalue weighted by Crippen LogP contribution is -2.24. The Morgan fingerprint density at radius 1 is 0.420 bits per heavy atom. The highest BCUT2D eigenvalue weighted by Crippen LogP contribution is 2.53. The summed E-state index contributed by atoms with van der Waals surface area (Å²) in [4.78, 5) is 0.115. The zero-order chi connectivity index (χ0) is 65.6. The molecular weight excluding hydrogens is 603 g/mol. The third kappa shape index (κ3) is 5.02. The summed E-state index contributed by atoms with van der Waals surface area (Å²) in [5, 5.41) is -2.10. The Morgan fingerprint density at radius 3 is 1.50 bits per heavy atom. The van der Waals surface area contributed by atoms with Crippen molar-refractivity contribution in [1.29, 1.82) is 0 Å². The fourth-order valence-electron chi connectivity index (χ4n) is 5.43. The molecule has 0 saturated heterocycles. The van der Waals surface area contributed by atoms with Gasteiger partial charge in [-0.3, -0.25) is 0 Å². The molecule has 0 unspecified atom stereocenters. The summed E-state index contributed by atoms with van der Waals surface area (Å²) in [6.07, 6.45) is 0. The SMILES string of the molecule is [2H]c1c([2H])c([2H])c(-c2c([2H])c([2H])c(N(c3c([2H])c([2H])c(-c4c([2H])c([2H])c([2H])c([2H])c4[2H])c([2H])c3[2H])c3c([2H])c([2H])c4c(c3[2H])-c3c(-c5c([2H])c([2H])c([2H])c([2H])c5[2H])c([2H])c([2H])c5c([2H])c([2H])c([2H])c(c35)C4(C([2H])([2H])[2H])C([2H])([2H])[2H])c([2H])c2[2H])c([2H])c1[2H]. The Balaban J connectivity index is 1.64. The molecule has 238 valence electrons. The van der Waals surface area contributed by atoms with Gasteiger partial charge in [-0.25, -0.2) is 0 Å². The van der Waals surface area contributed by atoms with E-state index in [2.05, 4.69) is 0 Å². The van der Waals surface area contributed by atoms with E-state index in [-0.39, 0.29) is 4.90 Å². The van der Waals surface area contributed by atoms with Gasteiger partial charge in [0.1, 0.15) is 0 Å². The lowest BCUT2D eigenvalue weighted by atomic mass is 9.67. The number of nitrogens with zero attached hydrogens (tertiary/aromatic N) is 1. The second-order valence-electron chi connectivity index (χ2n) is 10.5. The fourth-order valence-corrected chi connectivity index (χ4v) is 5.43. The van der Waals surface area contributed by atoms with E-state index >= 15 is 0 Å². The fraction of sp³-hybridized carbons (Fsp3) is 0.0612. The maximum Gasteiger partial charge on any atom is 0.0652 e. The molecule has 50 heavy (non-hydrogen) atoms. The van der Waals surface area contributed by atoms with Crippen LogP contribution in [-0.4, -0.2) is 0 Å². The molecule has 0 heterocycles. The molecule has 0 N–H and O–H groups in total. The van der Waals surface area contributed by atoms with Gasteiger partial charge in [0, 0.05) is 30.7 Å². The van der Waals surface area contributed by atoms with Crippen LogP contribution in [0.1, 0.15) is 75.5 Å². The van der Waals surface area contributed by atoms with E-state index in [1.54, 1.807) is 0 Å². The van der Waals surface area contributed by atoms with Crippen molar-refractivity contribution < 1.29 is 50.7 Å². The zero-order valence-corrected chi connectivity index (χ0v) is 24.9. The summed E-state index contributed by atoms with van der Waals surface area (Å²) >= 11 is 0. The number of anilines is 3. The first-order valence-corrected chi connectivity index (χ1v) is 14.4. The molecule has 0 atom stereocenters. The van der Waals surface area contributed by atoms with Gasteiger partial charge >= 0.3 is 0 Å². The molecule has 0 saturated carbocycles. The van der Waals surface area contributed by atoms with Gasteiger partial charge in [0.05, 0.1) is 42.5 Å². The first-order valence-electron chi connectivity index (χ1n) is 32.9. The molecule has 0 aliphatic heterocycles. The van der Waals surface area contributed by atoms with Crippen LogP contribution in [0.2, 0.25) is 0 Å². The van der Waals surface area contributed by atoms with Crippen molar-refractivity contribution in [2.45, 2.75) is 19.1 Å². The number of hydrogen-bond donors (Lipinski definition) is 0. The van der Waals surface area contributed by atoms with Crippen LogP contribution in [0.4, 0.5) is 17.1 Å². The Morgan fingerprint density at radius 2 is 0.940 bits per heavy atom. The van der Waals surface area contributed by atoms with Gasteiger partial charge in [-0.15, -0.1) is 0 Å². The topological polar surface area (TPSA) is 3.24 Å². The van der Waals surface area contributed by atoms with Crippen LogP contribution in [-0.2, 0) is 5.41 Å². The maximum atomic E-state index is 10.4. The highest BCUT2D eigenvalue weighted by atomic mass is 15.1. The molecule has 1 heteroatoms. The van der Waals surface area contributed by atoms with E-state index in [0.717, 1.165) is 0 Å². The van der Waals surface area contributed by atoms with Crippen LogP contribution < -0.4 is 4.90 Å². The molecule has 1 nitrogen and oxygen atoms in total. The van der Waals surface area contributed by atoms with Gasteiger partial charge in [-0.2, -0.15) is 0 Å². The second-order valence-corrected chi connectivity index (χ2v) is 10.5. The molecule has 9 rings (SSSR count). The minimum absolute atomic E-state index is 0.115. The van der Waals surface area contributed by atoms with Gasteiger partial charge < -0.3 is 4.90 Å². The van der Waals surface area contributed by atoms with Crippen molar-refractivity contribution in [3.8, 4) is 44.5 Å². The van der Waals surface area contributed by atoms with E-state index in [0.29, 0.717) is 0 Å². The molecule has 1 aliphatic rings. The summed E-state index contributed by atoms with van der Waals surface area (Å²) in [6, 6.07) is -38.4. The van der Waals surface area contributed by atoms with Crippen LogP contribution in [0, 0.1) is 0 Å². The minimum Gasteiger partial charge on any atom is -0.310 e. The standard InChI is InChI=1S/C49H37N/c1-49(2)45-32-30-42(33-44(45)48-43(38-17-10-5-11-18-38)31-25-39-19-12-20-46(49)47(39)48)50(40-26-21-36(22-27-40)34-13-6-3-7-14-34)41-28-23-37(24-29-41)35-15-8-4-9-16-35/h3-33H,1-2H3/i1D3,2D3,3D,4D,5D,6D,7D,8D,9D,10D,11D,12D,13D,14D,15D,16D,17D,18D,19D,20D,21D,22D,23D,24D,25D,26D,27D,28D,29D,30D,31D,32D,33D. The average Bonchev–Trinajstić information content (AvgIpc) is 0.659. The van der Waals surface area contributed by atoms with Crippen molar-refractivity contribution in [2.75, 3.05) is 4.90 Å². The predicted octanol–water partition coefficient (Wildman–Crippen LogP) is 13.6. The van der Waals surface area contributed by atoms with Gasteiger partial charge in [0.2, 0.25) is 0 Å². The molecule has 1 aliphatic carbocycles. The first-order chi connectivity index (χ1) is 40.0. The monoisotopic (exact) mass is 677 g/mol. The molecule has 0 amide bonds. The molecule has 0 aromatic heterocycles.